The van der Waals surface area contributed by atoms with Crippen LogP contribution in [0.4, 0.5) is 19.1 Å². The van der Waals surface area contributed by atoms with Gasteiger partial charge in [0.1, 0.15) is 5.75 Å². The average molecular weight is 324 g/mol. The molecule has 0 aliphatic rings. The molecule has 106 valence electrons. The largest absolute Gasteiger partial charge is 0.437 e. The Morgan fingerprint density at radius 1 is 1.10 bits per heavy atom. The molecule has 1 heterocycles. The van der Waals surface area contributed by atoms with Gasteiger partial charge in [-0.05, 0) is 12.1 Å². The molecule has 0 amide bonds. The van der Waals surface area contributed by atoms with Crippen LogP contribution < -0.4 is 10.5 Å². The van der Waals surface area contributed by atoms with Gasteiger partial charge in [0.15, 0.2) is 5.69 Å². The number of nitrogen functional groups attached to an aromatic ring is 1. The van der Waals surface area contributed by atoms with E-state index in [-0.39, 0.29) is 16.7 Å². The van der Waals surface area contributed by atoms with Crippen molar-refractivity contribution >= 4 is 29.2 Å². The third-order valence-corrected chi connectivity index (χ3v) is 2.67. The molecule has 0 bridgehead atoms. The van der Waals surface area contributed by atoms with Gasteiger partial charge in [-0.3, -0.25) is 0 Å². The lowest BCUT2D eigenvalue weighted by Gasteiger charge is -2.10. The van der Waals surface area contributed by atoms with Crippen LogP contribution in [0.25, 0.3) is 0 Å². The van der Waals surface area contributed by atoms with E-state index in [4.69, 9.17) is 33.7 Å². The lowest BCUT2D eigenvalue weighted by molar-refractivity contribution is -0.141. The second-order valence-corrected chi connectivity index (χ2v) is 4.47. The van der Waals surface area contributed by atoms with E-state index in [2.05, 4.69) is 9.97 Å². The van der Waals surface area contributed by atoms with Crippen LogP contribution in [-0.2, 0) is 6.18 Å². The fourth-order valence-corrected chi connectivity index (χ4v) is 1.63. The number of hydrogen-bond donors (Lipinski definition) is 1. The normalized spacial score (nSPS) is 11.4. The Morgan fingerprint density at radius 2 is 1.80 bits per heavy atom. The van der Waals surface area contributed by atoms with Crippen molar-refractivity contribution in [3.63, 3.8) is 0 Å². The summed E-state index contributed by atoms with van der Waals surface area (Å²) in [5.74, 6) is -0.882. The number of benzene rings is 1. The summed E-state index contributed by atoms with van der Waals surface area (Å²) in [6, 6.07) is 4.91. The van der Waals surface area contributed by atoms with Crippen molar-refractivity contribution in [2.75, 3.05) is 5.73 Å². The van der Waals surface area contributed by atoms with Crippen LogP contribution in [0.1, 0.15) is 5.69 Å². The molecule has 0 atom stereocenters. The van der Waals surface area contributed by atoms with Gasteiger partial charge in [-0.1, -0.05) is 23.2 Å². The lowest BCUT2D eigenvalue weighted by atomic mass is 10.3. The summed E-state index contributed by atoms with van der Waals surface area (Å²) >= 11 is 11.6. The van der Waals surface area contributed by atoms with Crippen LogP contribution in [-0.4, -0.2) is 9.97 Å². The predicted octanol–water partition coefficient (Wildman–Crippen LogP) is 4.18. The number of nitrogens with zero attached hydrogens (tertiary/aromatic N) is 2. The minimum atomic E-state index is -4.66. The molecule has 0 unspecified atom stereocenters. The third-order valence-electron chi connectivity index (χ3n) is 2.12. The molecule has 0 aliphatic carbocycles. The molecule has 9 heteroatoms. The number of hydrogen-bond acceptors (Lipinski definition) is 4. The van der Waals surface area contributed by atoms with Crippen molar-refractivity contribution < 1.29 is 17.9 Å². The zero-order valence-electron chi connectivity index (χ0n) is 9.58. The third kappa shape index (κ3) is 3.43. The van der Waals surface area contributed by atoms with Gasteiger partial charge >= 0.3 is 6.18 Å². The van der Waals surface area contributed by atoms with Crippen LogP contribution in [0.5, 0.6) is 11.6 Å². The van der Waals surface area contributed by atoms with Crippen molar-refractivity contribution in [3.8, 4) is 11.6 Å². The van der Waals surface area contributed by atoms with Gasteiger partial charge in [0.2, 0.25) is 11.8 Å². The van der Waals surface area contributed by atoms with Crippen LogP contribution >= 0.6 is 23.2 Å². The highest BCUT2D eigenvalue weighted by Crippen LogP contribution is 2.34. The van der Waals surface area contributed by atoms with E-state index in [0.29, 0.717) is 11.1 Å². The second-order valence-electron chi connectivity index (χ2n) is 3.62. The maximum Gasteiger partial charge on any atom is 0.433 e. The van der Waals surface area contributed by atoms with E-state index < -0.39 is 17.8 Å². The van der Waals surface area contributed by atoms with Gasteiger partial charge < -0.3 is 10.5 Å². The number of alkyl halides is 3. The van der Waals surface area contributed by atoms with Gasteiger partial charge in [-0.15, -0.1) is 0 Å². The fourth-order valence-electron chi connectivity index (χ4n) is 1.31. The Kier molecular flexibility index (Phi) is 3.92. The maximum absolute atomic E-state index is 12.6. The second kappa shape index (κ2) is 5.34. The van der Waals surface area contributed by atoms with E-state index in [1.54, 1.807) is 0 Å². The zero-order valence-corrected chi connectivity index (χ0v) is 11.1. The highest BCUT2D eigenvalue weighted by Gasteiger charge is 2.33. The summed E-state index contributed by atoms with van der Waals surface area (Å²) < 4.78 is 42.9. The summed E-state index contributed by atoms with van der Waals surface area (Å²) in [6.07, 6.45) is -4.66. The maximum atomic E-state index is 12.6. The van der Waals surface area contributed by atoms with E-state index in [9.17, 15) is 13.2 Å². The van der Waals surface area contributed by atoms with Gasteiger partial charge in [-0.25, -0.2) is 4.98 Å². The monoisotopic (exact) mass is 323 g/mol. The molecule has 0 spiro atoms. The smallest absolute Gasteiger partial charge is 0.433 e. The molecule has 0 fully saturated rings. The summed E-state index contributed by atoms with van der Waals surface area (Å²) in [4.78, 5) is 6.65. The van der Waals surface area contributed by atoms with Crippen LogP contribution in [0.3, 0.4) is 0 Å². The van der Waals surface area contributed by atoms with Crippen LogP contribution in [0, 0.1) is 0 Å². The van der Waals surface area contributed by atoms with Crippen LogP contribution in [0.2, 0.25) is 10.0 Å². The van der Waals surface area contributed by atoms with Crippen molar-refractivity contribution in [1.82, 2.24) is 9.97 Å². The molecule has 1 aromatic heterocycles. The van der Waals surface area contributed by atoms with Crippen molar-refractivity contribution in [2.45, 2.75) is 6.18 Å². The van der Waals surface area contributed by atoms with E-state index >= 15 is 0 Å². The Labute approximate surface area is 121 Å². The van der Waals surface area contributed by atoms with Gasteiger partial charge in [-0.2, -0.15) is 18.2 Å². The molecule has 2 rings (SSSR count). The number of ether oxygens (including phenoxy) is 1. The first-order chi connectivity index (χ1) is 9.25. The highest BCUT2D eigenvalue weighted by molar-refractivity contribution is 6.34. The average Bonchev–Trinajstić information content (AvgIpc) is 2.32. The first kappa shape index (κ1) is 14.7. The van der Waals surface area contributed by atoms with Crippen LogP contribution in [0.15, 0.2) is 24.3 Å². The summed E-state index contributed by atoms with van der Waals surface area (Å²) in [5.41, 5.74) is 4.01. The number of anilines is 1. The summed E-state index contributed by atoms with van der Waals surface area (Å²) in [7, 11) is 0. The number of rotatable bonds is 2. The lowest BCUT2D eigenvalue weighted by Crippen LogP contribution is -2.11. The van der Waals surface area contributed by atoms with E-state index in [1.165, 1.54) is 18.2 Å². The molecule has 0 saturated carbocycles. The van der Waals surface area contributed by atoms with Gasteiger partial charge in [0.05, 0.1) is 5.02 Å². The van der Waals surface area contributed by atoms with Gasteiger partial charge in [0, 0.05) is 17.2 Å². The molecular weight excluding hydrogens is 318 g/mol. The Hall–Kier alpha value is -1.73. The standard InChI is InChI=1S/C11H6Cl2F3N3O/c12-5-1-2-6(13)7(3-5)20-9-4-8(11(14,15)16)18-10(17)19-9/h1-4H,(H2,17,18,19). The van der Waals surface area contributed by atoms with Crippen molar-refractivity contribution in [3.05, 3.63) is 40.0 Å². The predicted molar refractivity (Wildman–Crippen MR) is 68.0 cm³/mol. The Bertz CT molecular complexity index is 649. The SMILES string of the molecule is Nc1nc(Oc2cc(Cl)ccc2Cl)cc(C(F)(F)F)n1. The molecule has 1 aromatic carbocycles. The van der Waals surface area contributed by atoms with Crippen molar-refractivity contribution in [2.24, 2.45) is 0 Å². The van der Waals surface area contributed by atoms with E-state index in [0.717, 1.165) is 0 Å². The molecule has 0 saturated heterocycles. The number of halogens is 5. The Morgan fingerprint density at radius 3 is 2.45 bits per heavy atom. The molecule has 20 heavy (non-hydrogen) atoms. The molecular formula is C11H6Cl2F3N3O. The molecule has 0 radical (unpaired) electrons. The first-order valence-corrected chi connectivity index (χ1v) is 5.86. The molecule has 4 nitrogen and oxygen atoms in total. The van der Waals surface area contributed by atoms with Crippen molar-refractivity contribution in [1.29, 1.82) is 0 Å². The topological polar surface area (TPSA) is 61.0 Å². The van der Waals surface area contributed by atoms with E-state index in [1.807, 2.05) is 0 Å². The zero-order chi connectivity index (χ0) is 14.9. The molecule has 0 aliphatic heterocycles. The first-order valence-electron chi connectivity index (χ1n) is 5.10. The highest BCUT2D eigenvalue weighted by atomic mass is 35.5. The molecule has 2 aromatic rings. The number of nitrogens with two attached hydrogens (primary N) is 1. The summed E-state index contributed by atoms with van der Waals surface area (Å²) in [5, 5.41) is 0.475. The summed E-state index contributed by atoms with van der Waals surface area (Å²) in [6.45, 7) is 0. The quantitative estimate of drug-likeness (QED) is 0.900. The Balaban J connectivity index is 2.39. The minimum absolute atomic E-state index is 0.0605. The fraction of sp³-hybridized carbons (Fsp3) is 0.0909. The molecule has 2 N–H and O–H groups in total. The minimum Gasteiger partial charge on any atom is -0.437 e. The number of aromatic nitrogens is 2. The van der Waals surface area contributed by atoms with Gasteiger partial charge in [0.25, 0.3) is 0 Å².